The van der Waals surface area contributed by atoms with Crippen LogP contribution in [0, 0.1) is 0 Å². The zero-order chi connectivity index (χ0) is 19.7. The molecule has 2 N–H and O–H groups in total. The minimum atomic E-state index is -0.0431. The second-order valence-electron chi connectivity index (χ2n) is 5.81. The first-order valence-corrected chi connectivity index (χ1v) is 9.20. The van der Waals surface area contributed by atoms with E-state index in [9.17, 15) is 19.8 Å². The predicted molar refractivity (Wildman–Crippen MR) is 105 cm³/mol. The Morgan fingerprint density at radius 3 is 1.38 bits per heavy atom. The third-order valence-electron chi connectivity index (χ3n) is 3.88. The Labute approximate surface area is 155 Å². The van der Waals surface area contributed by atoms with Gasteiger partial charge in [0.1, 0.15) is 11.5 Å². The lowest BCUT2D eigenvalue weighted by atomic mass is 9.95. The Kier molecular flexibility index (Phi) is 8.56. The Hall–Kier alpha value is -2.62. The molecule has 0 atom stereocenters. The van der Waals surface area contributed by atoms with Crippen molar-refractivity contribution in [1.82, 2.24) is 0 Å². The van der Waals surface area contributed by atoms with Gasteiger partial charge in [0.2, 0.25) is 0 Å². The van der Waals surface area contributed by atoms with Crippen molar-refractivity contribution in [3.63, 3.8) is 0 Å². The molecule has 0 aromatic heterocycles. The molecule has 140 valence electrons. The SMILES string of the molecule is CC.CCCC(=O)c1ccc(O)c(-c2cc(C(=O)CCC)ccc2O)c1. The van der Waals surface area contributed by atoms with E-state index in [-0.39, 0.29) is 23.1 Å². The highest BCUT2D eigenvalue weighted by molar-refractivity contribution is 6.00. The molecule has 0 bridgehead atoms. The summed E-state index contributed by atoms with van der Waals surface area (Å²) in [4.78, 5) is 24.2. The molecule has 2 aromatic rings. The van der Waals surface area contributed by atoms with Crippen molar-refractivity contribution in [2.45, 2.75) is 53.4 Å². The molecule has 0 saturated heterocycles. The van der Waals surface area contributed by atoms with Gasteiger partial charge in [-0.15, -0.1) is 0 Å². The largest absolute Gasteiger partial charge is 0.507 e. The van der Waals surface area contributed by atoms with Gasteiger partial charge in [-0.05, 0) is 49.2 Å². The summed E-state index contributed by atoms with van der Waals surface area (Å²) in [5.41, 5.74) is 1.66. The zero-order valence-electron chi connectivity index (χ0n) is 16.0. The molecule has 2 aromatic carbocycles. The number of carbonyl (C=O) groups excluding carboxylic acids is 2. The highest BCUT2D eigenvalue weighted by Gasteiger charge is 2.15. The van der Waals surface area contributed by atoms with Gasteiger partial charge < -0.3 is 10.2 Å². The first kappa shape index (κ1) is 21.4. The molecule has 0 heterocycles. The van der Waals surface area contributed by atoms with E-state index in [1.54, 1.807) is 24.3 Å². The summed E-state index contributed by atoms with van der Waals surface area (Å²) in [5, 5.41) is 20.3. The van der Waals surface area contributed by atoms with E-state index in [0.29, 0.717) is 35.1 Å². The minimum Gasteiger partial charge on any atom is -0.507 e. The topological polar surface area (TPSA) is 74.6 Å². The van der Waals surface area contributed by atoms with Gasteiger partial charge in [0.05, 0.1) is 0 Å². The van der Waals surface area contributed by atoms with Gasteiger partial charge in [-0.3, -0.25) is 9.59 Å². The van der Waals surface area contributed by atoms with Gasteiger partial charge >= 0.3 is 0 Å². The molecule has 0 aliphatic heterocycles. The smallest absolute Gasteiger partial charge is 0.162 e. The van der Waals surface area contributed by atoms with Gasteiger partial charge in [-0.2, -0.15) is 0 Å². The lowest BCUT2D eigenvalue weighted by molar-refractivity contribution is 0.0973. The molecule has 0 radical (unpaired) electrons. The summed E-state index contributed by atoms with van der Waals surface area (Å²) in [6.07, 6.45) is 2.32. The van der Waals surface area contributed by atoms with E-state index in [1.165, 1.54) is 12.1 Å². The average Bonchev–Trinajstić information content (AvgIpc) is 2.65. The van der Waals surface area contributed by atoms with Gasteiger partial charge in [-0.25, -0.2) is 0 Å². The third-order valence-corrected chi connectivity index (χ3v) is 3.88. The van der Waals surface area contributed by atoms with Crippen molar-refractivity contribution in [2.24, 2.45) is 0 Å². The van der Waals surface area contributed by atoms with Crippen LogP contribution in [0.5, 0.6) is 11.5 Å². The number of hydrogen-bond donors (Lipinski definition) is 2. The van der Waals surface area contributed by atoms with Gasteiger partial charge in [0, 0.05) is 35.1 Å². The molecule has 0 spiro atoms. The Morgan fingerprint density at radius 1 is 0.731 bits per heavy atom. The summed E-state index contributed by atoms with van der Waals surface area (Å²) < 4.78 is 0. The number of Topliss-reactive ketones (excluding diaryl/α,β-unsaturated/α-hetero) is 2. The molecule has 26 heavy (non-hydrogen) atoms. The van der Waals surface area contributed by atoms with Crippen LogP contribution >= 0.6 is 0 Å². The van der Waals surface area contributed by atoms with Crippen LogP contribution in [0.2, 0.25) is 0 Å². The van der Waals surface area contributed by atoms with Crippen LogP contribution in [0.3, 0.4) is 0 Å². The van der Waals surface area contributed by atoms with Gasteiger partial charge in [0.15, 0.2) is 11.6 Å². The molecule has 2 rings (SSSR count). The minimum absolute atomic E-state index is 0.0172. The number of ketones is 2. The fourth-order valence-corrected chi connectivity index (χ4v) is 2.59. The van der Waals surface area contributed by atoms with Crippen molar-refractivity contribution in [3.05, 3.63) is 47.5 Å². The van der Waals surface area contributed by atoms with Crippen LogP contribution in [0.25, 0.3) is 11.1 Å². The van der Waals surface area contributed by atoms with Gasteiger partial charge in [-0.1, -0.05) is 27.7 Å². The second kappa shape index (κ2) is 10.4. The van der Waals surface area contributed by atoms with E-state index in [2.05, 4.69) is 0 Å². The second-order valence-corrected chi connectivity index (χ2v) is 5.81. The highest BCUT2D eigenvalue weighted by atomic mass is 16.3. The van der Waals surface area contributed by atoms with Crippen molar-refractivity contribution < 1.29 is 19.8 Å². The summed E-state index contributed by atoms with van der Waals surface area (Å²) in [6, 6.07) is 9.16. The number of rotatable bonds is 7. The highest BCUT2D eigenvalue weighted by Crippen LogP contribution is 2.37. The quantitative estimate of drug-likeness (QED) is 0.619. The number of hydrogen-bond acceptors (Lipinski definition) is 4. The van der Waals surface area contributed by atoms with Gasteiger partial charge in [0.25, 0.3) is 0 Å². The van der Waals surface area contributed by atoms with Crippen molar-refractivity contribution in [1.29, 1.82) is 0 Å². The maximum atomic E-state index is 12.1. The number of phenols is 2. The summed E-state index contributed by atoms with van der Waals surface area (Å²) in [6.45, 7) is 7.85. The maximum Gasteiger partial charge on any atom is 0.162 e. The predicted octanol–water partition coefficient (Wildman–Crippen LogP) is 5.76. The van der Waals surface area contributed by atoms with E-state index < -0.39 is 0 Å². The molecule has 0 unspecified atom stereocenters. The normalized spacial score (nSPS) is 10.0. The monoisotopic (exact) mass is 356 g/mol. The maximum absolute atomic E-state index is 12.1. The van der Waals surface area contributed by atoms with Crippen LogP contribution < -0.4 is 0 Å². The lowest BCUT2D eigenvalue weighted by Gasteiger charge is -2.11. The molecule has 0 saturated carbocycles. The summed E-state index contributed by atoms with van der Waals surface area (Å²) in [7, 11) is 0. The average molecular weight is 356 g/mol. The molecule has 0 aliphatic rings. The molecule has 4 heteroatoms. The first-order chi connectivity index (χ1) is 12.5. The number of aromatic hydroxyl groups is 2. The number of carbonyl (C=O) groups is 2. The fraction of sp³-hybridized carbons (Fsp3) is 0.364. The van der Waals surface area contributed by atoms with E-state index in [0.717, 1.165) is 12.8 Å². The summed E-state index contributed by atoms with van der Waals surface area (Å²) >= 11 is 0. The Balaban J connectivity index is 0.00000163. The van der Waals surface area contributed by atoms with E-state index in [4.69, 9.17) is 0 Å². The van der Waals surface area contributed by atoms with Crippen molar-refractivity contribution in [2.75, 3.05) is 0 Å². The summed E-state index contributed by atoms with van der Waals surface area (Å²) in [5.74, 6) is -0.121. The van der Waals surface area contributed by atoms with Crippen LogP contribution in [-0.2, 0) is 0 Å². The standard InChI is InChI=1S/C20H22O4.C2H6/c1-3-5-17(21)13-7-9-19(23)15(11-13)16-12-14(8-10-20(16)24)18(22)6-4-2;1-2/h7-12,23-24H,3-6H2,1-2H3;1-2H3. The van der Waals surface area contributed by atoms with Crippen LogP contribution in [0.4, 0.5) is 0 Å². The first-order valence-electron chi connectivity index (χ1n) is 9.20. The third kappa shape index (κ3) is 5.19. The number of benzene rings is 2. The molecule has 0 amide bonds. The van der Waals surface area contributed by atoms with E-state index in [1.807, 2.05) is 27.7 Å². The molecular weight excluding hydrogens is 328 g/mol. The van der Waals surface area contributed by atoms with Crippen LogP contribution in [0.1, 0.15) is 74.1 Å². The molecular formula is C22H28O4. The Bertz CT molecular complexity index is 697. The molecule has 4 nitrogen and oxygen atoms in total. The fourth-order valence-electron chi connectivity index (χ4n) is 2.59. The van der Waals surface area contributed by atoms with Crippen molar-refractivity contribution >= 4 is 11.6 Å². The lowest BCUT2D eigenvalue weighted by Crippen LogP contribution is -2.00. The number of phenolic OH excluding ortho intramolecular Hbond substituents is 2. The molecule has 0 fully saturated rings. The zero-order valence-corrected chi connectivity index (χ0v) is 16.0. The van der Waals surface area contributed by atoms with Crippen LogP contribution in [-0.4, -0.2) is 21.8 Å². The Morgan fingerprint density at radius 2 is 1.08 bits per heavy atom. The van der Waals surface area contributed by atoms with E-state index >= 15 is 0 Å². The molecule has 0 aliphatic carbocycles. The van der Waals surface area contributed by atoms with Crippen LogP contribution in [0.15, 0.2) is 36.4 Å². The van der Waals surface area contributed by atoms with Crippen molar-refractivity contribution in [3.8, 4) is 22.6 Å².